The van der Waals surface area contributed by atoms with Gasteiger partial charge in [0.15, 0.2) is 9.27 Å². The fourth-order valence-corrected chi connectivity index (χ4v) is 2.19. The molecule has 0 aliphatic carbocycles. The highest BCUT2D eigenvalue weighted by atomic mass is 79.9. The molecule has 0 saturated heterocycles. The van der Waals surface area contributed by atoms with Crippen molar-refractivity contribution in [1.29, 1.82) is 0 Å². The van der Waals surface area contributed by atoms with Crippen LogP contribution in [-0.4, -0.2) is 15.0 Å². The van der Waals surface area contributed by atoms with Crippen molar-refractivity contribution in [3.8, 4) is 0 Å². The first-order valence-corrected chi connectivity index (χ1v) is 5.74. The van der Waals surface area contributed by atoms with Crippen LogP contribution in [0.3, 0.4) is 0 Å². The standard InChI is InChI=1S/C8H8Br2N4O/c1-14-7(8(10)12-13-14)6(11)4-2-3-5(9)15-4/h2-3,6H,11H2,1H3. The first-order chi connectivity index (χ1) is 7.09. The smallest absolute Gasteiger partial charge is 0.169 e. The lowest BCUT2D eigenvalue weighted by Crippen LogP contribution is -2.15. The van der Waals surface area contributed by atoms with Crippen LogP contribution in [0.1, 0.15) is 17.5 Å². The monoisotopic (exact) mass is 334 g/mol. The third-order valence-electron chi connectivity index (χ3n) is 2.02. The molecule has 2 heterocycles. The van der Waals surface area contributed by atoms with E-state index in [4.69, 9.17) is 10.2 Å². The van der Waals surface area contributed by atoms with Crippen LogP contribution in [-0.2, 0) is 7.05 Å². The molecule has 1 atom stereocenters. The van der Waals surface area contributed by atoms with Crippen molar-refractivity contribution in [1.82, 2.24) is 15.0 Å². The second kappa shape index (κ2) is 4.07. The predicted octanol–water partition coefficient (Wildman–Crippen LogP) is 1.98. The number of halogens is 2. The lowest BCUT2D eigenvalue weighted by atomic mass is 10.2. The van der Waals surface area contributed by atoms with Crippen LogP contribution in [0.25, 0.3) is 0 Å². The van der Waals surface area contributed by atoms with Crippen molar-refractivity contribution in [2.24, 2.45) is 12.8 Å². The molecule has 0 saturated carbocycles. The van der Waals surface area contributed by atoms with Crippen molar-refractivity contribution in [2.45, 2.75) is 6.04 Å². The highest BCUT2D eigenvalue weighted by Gasteiger charge is 2.20. The van der Waals surface area contributed by atoms with Gasteiger partial charge >= 0.3 is 0 Å². The first-order valence-electron chi connectivity index (χ1n) is 4.15. The van der Waals surface area contributed by atoms with Gasteiger partial charge in [-0.15, -0.1) is 5.10 Å². The number of nitrogens with zero attached hydrogens (tertiary/aromatic N) is 3. The quantitative estimate of drug-likeness (QED) is 0.911. The van der Waals surface area contributed by atoms with Gasteiger partial charge in [0.25, 0.3) is 0 Å². The van der Waals surface area contributed by atoms with Crippen molar-refractivity contribution < 1.29 is 4.42 Å². The first kappa shape index (κ1) is 10.8. The molecular weight excluding hydrogens is 328 g/mol. The number of aromatic nitrogens is 3. The van der Waals surface area contributed by atoms with Gasteiger partial charge in [0, 0.05) is 7.05 Å². The summed E-state index contributed by atoms with van der Waals surface area (Å²) in [6.07, 6.45) is 0. The summed E-state index contributed by atoms with van der Waals surface area (Å²) in [6, 6.07) is 3.23. The third-order valence-corrected chi connectivity index (χ3v) is 3.01. The molecule has 15 heavy (non-hydrogen) atoms. The highest BCUT2D eigenvalue weighted by Crippen LogP contribution is 2.27. The van der Waals surface area contributed by atoms with Crippen molar-refractivity contribution >= 4 is 31.9 Å². The zero-order valence-electron chi connectivity index (χ0n) is 7.82. The van der Waals surface area contributed by atoms with Gasteiger partial charge in [0.2, 0.25) is 0 Å². The minimum absolute atomic E-state index is 0.384. The molecule has 0 spiro atoms. The van der Waals surface area contributed by atoms with Gasteiger partial charge in [-0.25, -0.2) is 4.68 Å². The van der Waals surface area contributed by atoms with Gasteiger partial charge in [0.1, 0.15) is 11.8 Å². The van der Waals surface area contributed by atoms with Gasteiger partial charge in [-0.1, -0.05) is 5.21 Å². The topological polar surface area (TPSA) is 69.9 Å². The zero-order valence-corrected chi connectivity index (χ0v) is 11.0. The number of furan rings is 1. The lowest BCUT2D eigenvalue weighted by molar-refractivity contribution is 0.460. The Morgan fingerprint density at radius 2 is 2.20 bits per heavy atom. The van der Waals surface area contributed by atoms with Crippen LogP contribution in [0.2, 0.25) is 0 Å². The molecule has 0 aliphatic rings. The number of aryl methyl sites for hydroxylation is 1. The summed E-state index contributed by atoms with van der Waals surface area (Å²) >= 11 is 6.52. The SMILES string of the molecule is Cn1nnc(Br)c1C(N)c1ccc(Br)o1. The van der Waals surface area contributed by atoms with Crippen LogP contribution in [0, 0.1) is 0 Å². The number of rotatable bonds is 2. The zero-order chi connectivity index (χ0) is 11.0. The fraction of sp³-hybridized carbons (Fsp3) is 0.250. The minimum atomic E-state index is -0.384. The van der Waals surface area contributed by atoms with Crippen LogP contribution in [0.15, 0.2) is 25.8 Å². The Morgan fingerprint density at radius 1 is 1.47 bits per heavy atom. The molecule has 2 aromatic rings. The maximum absolute atomic E-state index is 6.03. The third kappa shape index (κ3) is 1.99. The molecule has 2 aromatic heterocycles. The molecule has 0 aliphatic heterocycles. The molecule has 0 aromatic carbocycles. The number of nitrogens with two attached hydrogens (primary N) is 1. The predicted molar refractivity (Wildman–Crippen MR) is 61.1 cm³/mol. The Bertz CT molecular complexity index is 459. The van der Waals surface area contributed by atoms with Crippen LogP contribution >= 0.6 is 31.9 Å². The molecule has 7 heteroatoms. The van der Waals surface area contributed by atoms with E-state index >= 15 is 0 Å². The Morgan fingerprint density at radius 3 is 2.67 bits per heavy atom. The summed E-state index contributed by atoms with van der Waals surface area (Å²) in [5, 5.41) is 7.72. The van der Waals surface area contributed by atoms with Gasteiger partial charge in [-0.05, 0) is 44.0 Å². The molecule has 0 radical (unpaired) electrons. The van der Waals surface area contributed by atoms with Crippen molar-refractivity contribution in [3.05, 3.63) is 32.9 Å². The summed E-state index contributed by atoms with van der Waals surface area (Å²) in [5.74, 6) is 0.660. The normalized spacial score (nSPS) is 13.1. The lowest BCUT2D eigenvalue weighted by Gasteiger charge is -2.08. The van der Waals surface area contributed by atoms with E-state index < -0.39 is 0 Å². The van der Waals surface area contributed by atoms with Crippen LogP contribution in [0.4, 0.5) is 0 Å². The van der Waals surface area contributed by atoms with E-state index in [-0.39, 0.29) is 6.04 Å². The molecule has 5 nitrogen and oxygen atoms in total. The van der Waals surface area contributed by atoms with E-state index in [1.54, 1.807) is 17.8 Å². The Labute approximate surface area is 103 Å². The van der Waals surface area contributed by atoms with Crippen LogP contribution < -0.4 is 5.73 Å². The molecule has 0 amide bonds. The van der Waals surface area contributed by atoms with Gasteiger partial charge in [-0.2, -0.15) is 0 Å². The Hall–Kier alpha value is -0.660. The number of hydrogen-bond donors (Lipinski definition) is 1. The average molecular weight is 336 g/mol. The molecule has 0 fully saturated rings. The summed E-state index contributed by atoms with van der Waals surface area (Å²) in [5.41, 5.74) is 6.81. The van der Waals surface area contributed by atoms with E-state index in [2.05, 4.69) is 42.2 Å². The second-order valence-corrected chi connectivity index (χ2v) is 4.54. The van der Waals surface area contributed by atoms with Crippen molar-refractivity contribution in [2.75, 3.05) is 0 Å². The van der Waals surface area contributed by atoms with Gasteiger partial charge in [-0.3, -0.25) is 0 Å². The fourth-order valence-electron chi connectivity index (χ4n) is 1.30. The van der Waals surface area contributed by atoms with Gasteiger partial charge < -0.3 is 10.2 Å². The van der Waals surface area contributed by atoms with E-state index in [9.17, 15) is 0 Å². The molecule has 0 bridgehead atoms. The van der Waals surface area contributed by atoms with Crippen LogP contribution in [0.5, 0.6) is 0 Å². The summed E-state index contributed by atoms with van der Waals surface area (Å²) in [7, 11) is 1.78. The van der Waals surface area contributed by atoms with E-state index in [0.717, 1.165) is 5.69 Å². The largest absolute Gasteiger partial charge is 0.452 e. The van der Waals surface area contributed by atoms with Crippen molar-refractivity contribution in [3.63, 3.8) is 0 Å². The van der Waals surface area contributed by atoms with E-state index in [1.165, 1.54) is 0 Å². The minimum Gasteiger partial charge on any atom is -0.452 e. The molecule has 80 valence electrons. The molecule has 2 N–H and O–H groups in total. The highest BCUT2D eigenvalue weighted by molar-refractivity contribution is 9.10. The van der Waals surface area contributed by atoms with E-state index in [1.807, 2.05) is 6.07 Å². The summed E-state index contributed by atoms with van der Waals surface area (Å²) < 4.78 is 8.28. The average Bonchev–Trinajstić information content (AvgIpc) is 2.73. The molecular formula is C8H8Br2N4O. The number of hydrogen-bond acceptors (Lipinski definition) is 4. The Balaban J connectivity index is 2.40. The summed E-state index contributed by atoms with van der Waals surface area (Å²) in [6.45, 7) is 0. The maximum atomic E-state index is 6.03. The molecule has 2 rings (SSSR count). The Kier molecular flexibility index (Phi) is 2.94. The second-order valence-electron chi connectivity index (χ2n) is 3.01. The molecule has 1 unspecified atom stereocenters. The summed E-state index contributed by atoms with van der Waals surface area (Å²) in [4.78, 5) is 0. The van der Waals surface area contributed by atoms with Gasteiger partial charge in [0.05, 0.1) is 5.69 Å². The van der Waals surface area contributed by atoms with E-state index in [0.29, 0.717) is 15.0 Å². The maximum Gasteiger partial charge on any atom is 0.169 e.